The van der Waals surface area contributed by atoms with Gasteiger partial charge in [0.25, 0.3) is 0 Å². The number of hydrogen-bond donors (Lipinski definition) is 1. The molecular weight excluding hydrogens is 403 g/mol. The topological polar surface area (TPSA) is 46.9 Å². The molecule has 1 aromatic heterocycles. The van der Waals surface area contributed by atoms with Gasteiger partial charge in [-0.2, -0.15) is 0 Å². The van der Waals surface area contributed by atoms with Gasteiger partial charge in [-0.1, -0.05) is 41.3 Å². The molecule has 0 spiro atoms. The summed E-state index contributed by atoms with van der Waals surface area (Å²) < 4.78 is 42.3. The van der Waals surface area contributed by atoms with E-state index < -0.39 is 29.0 Å². The molecule has 1 N–H and O–H groups in total. The van der Waals surface area contributed by atoms with E-state index >= 15 is 0 Å². The Hall–Kier alpha value is -2.17. The Morgan fingerprint density at radius 2 is 1.88 bits per heavy atom. The number of nitrogens with one attached hydrogen (secondary N) is 1. The number of benzene rings is 2. The van der Waals surface area contributed by atoms with Crippen molar-refractivity contribution in [1.29, 1.82) is 0 Å². The van der Waals surface area contributed by atoms with Crippen LogP contribution < -0.4 is 5.32 Å². The van der Waals surface area contributed by atoms with Gasteiger partial charge in [-0.15, -0.1) is 5.10 Å². The van der Waals surface area contributed by atoms with Crippen molar-refractivity contribution in [2.75, 3.05) is 11.1 Å². The predicted molar refractivity (Wildman–Crippen MR) is 97.9 cm³/mol. The third kappa shape index (κ3) is 4.14. The highest BCUT2D eigenvalue weighted by atomic mass is 32.2. The fourth-order valence-corrected chi connectivity index (χ4v) is 4.15. The van der Waals surface area contributed by atoms with E-state index in [9.17, 15) is 18.0 Å². The summed E-state index contributed by atoms with van der Waals surface area (Å²) in [5.74, 6) is -5.05. The number of amides is 1. The summed E-state index contributed by atoms with van der Waals surface area (Å²) in [5.41, 5.74) is 0.380. The van der Waals surface area contributed by atoms with Gasteiger partial charge in [0.2, 0.25) is 5.91 Å². The van der Waals surface area contributed by atoms with Crippen LogP contribution in [0.25, 0.3) is 5.69 Å². The molecule has 10 heteroatoms. The molecule has 0 aliphatic heterocycles. The minimum Gasteiger partial charge on any atom is -0.323 e. The summed E-state index contributed by atoms with van der Waals surface area (Å²) in [6.45, 7) is 0. The number of anilines is 1. The second-order valence-corrected chi connectivity index (χ2v) is 7.79. The van der Waals surface area contributed by atoms with Gasteiger partial charge in [-0.05, 0) is 36.5 Å². The SMILES string of the molecule is O=C(CSc1nn(-c2ccccc2)c(=S)s1)Nc1ccc(F)c(F)c1F. The zero-order chi connectivity index (χ0) is 18.7. The van der Waals surface area contributed by atoms with Crippen LogP contribution in [0.15, 0.2) is 46.8 Å². The van der Waals surface area contributed by atoms with E-state index in [4.69, 9.17) is 12.2 Å². The van der Waals surface area contributed by atoms with Gasteiger partial charge in [0.1, 0.15) is 0 Å². The lowest BCUT2D eigenvalue weighted by Crippen LogP contribution is -2.15. The van der Waals surface area contributed by atoms with Gasteiger partial charge in [-0.3, -0.25) is 4.79 Å². The van der Waals surface area contributed by atoms with Crippen LogP contribution in [0.2, 0.25) is 0 Å². The third-order valence-electron chi connectivity index (χ3n) is 3.17. The quantitative estimate of drug-likeness (QED) is 0.370. The standard InChI is InChI=1S/C16H10F3N3OS3/c17-10-6-7-11(14(19)13(10)18)20-12(23)8-25-15-21-22(16(24)26-15)9-4-2-1-3-5-9/h1-7H,8H2,(H,20,23). The second kappa shape index (κ2) is 8.02. The van der Waals surface area contributed by atoms with Gasteiger partial charge in [0, 0.05) is 0 Å². The van der Waals surface area contributed by atoms with Crippen LogP contribution in [0.3, 0.4) is 0 Å². The zero-order valence-electron chi connectivity index (χ0n) is 12.9. The van der Waals surface area contributed by atoms with Crippen molar-refractivity contribution in [1.82, 2.24) is 9.78 Å². The van der Waals surface area contributed by atoms with Crippen LogP contribution in [0.4, 0.5) is 18.9 Å². The van der Waals surface area contributed by atoms with E-state index in [2.05, 4.69) is 10.4 Å². The molecule has 26 heavy (non-hydrogen) atoms. The van der Waals surface area contributed by atoms with Gasteiger partial charge in [-0.25, -0.2) is 17.9 Å². The first-order chi connectivity index (χ1) is 12.5. The average molecular weight is 413 g/mol. The number of hydrogen-bond acceptors (Lipinski definition) is 5. The van der Waals surface area contributed by atoms with Crippen LogP contribution in [-0.2, 0) is 4.79 Å². The largest absolute Gasteiger partial charge is 0.323 e. The van der Waals surface area contributed by atoms with Gasteiger partial charge in [0.05, 0.1) is 17.1 Å². The molecule has 1 heterocycles. The summed E-state index contributed by atoms with van der Waals surface area (Å²) in [4.78, 5) is 11.9. The maximum Gasteiger partial charge on any atom is 0.234 e. The maximum atomic E-state index is 13.6. The number of nitrogens with zero attached hydrogens (tertiary/aromatic N) is 2. The molecule has 2 aromatic carbocycles. The number of carbonyl (C=O) groups is 1. The molecule has 0 radical (unpaired) electrons. The van der Waals surface area contributed by atoms with E-state index in [-0.39, 0.29) is 5.75 Å². The minimum atomic E-state index is -1.63. The summed E-state index contributed by atoms with van der Waals surface area (Å²) in [7, 11) is 0. The molecule has 0 bridgehead atoms. The number of rotatable bonds is 5. The first-order valence-electron chi connectivity index (χ1n) is 7.17. The zero-order valence-corrected chi connectivity index (χ0v) is 15.4. The predicted octanol–water partition coefficient (Wildman–Crippen LogP) is 4.81. The molecule has 0 saturated carbocycles. The van der Waals surface area contributed by atoms with Crippen LogP contribution >= 0.6 is 35.3 Å². The van der Waals surface area contributed by atoms with Crippen molar-refractivity contribution in [2.24, 2.45) is 0 Å². The smallest absolute Gasteiger partial charge is 0.234 e. The van der Waals surface area contributed by atoms with Gasteiger partial charge < -0.3 is 5.32 Å². The molecule has 0 atom stereocenters. The fraction of sp³-hybridized carbons (Fsp3) is 0.0625. The first kappa shape index (κ1) is 18.6. The lowest BCUT2D eigenvalue weighted by atomic mass is 10.3. The monoisotopic (exact) mass is 413 g/mol. The van der Waals surface area contributed by atoms with Crippen molar-refractivity contribution in [3.8, 4) is 5.69 Å². The van der Waals surface area contributed by atoms with Crippen molar-refractivity contribution in [3.63, 3.8) is 0 Å². The van der Waals surface area contributed by atoms with Crippen LogP contribution in [0.1, 0.15) is 0 Å². The Morgan fingerprint density at radius 3 is 2.62 bits per heavy atom. The summed E-state index contributed by atoms with van der Waals surface area (Å²) >= 11 is 7.60. The van der Waals surface area contributed by atoms with Crippen molar-refractivity contribution < 1.29 is 18.0 Å². The van der Waals surface area contributed by atoms with Crippen LogP contribution in [0.5, 0.6) is 0 Å². The minimum absolute atomic E-state index is 0.0878. The van der Waals surface area contributed by atoms with Crippen molar-refractivity contribution in [2.45, 2.75) is 4.34 Å². The number of carbonyl (C=O) groups excluding carboxylic acids is 1. The Bertz CT molecular complexity index is 1000. The van der Waals surface area contributed by atoms with E-state index in [0.717, 1.165) is 29.6 Å². The number of para-hydroxylation sites is 1. The molecule has 134 valence electrons. The average Bonchev–Trinajstić information content (AvgIpc) is 3.02. The highest BCUT2D eigenvalue weighted by molar-refractivity contribution is 8.01. The van der Waals surface area contributed by atoms with Crippen LogP contribution in [-0.4, -0.2) is 21.4 Å². The lowest BCUT2D eigenvalue weighted by molar-refractivity contribution is -0.113. The highest BCUT2D eigenvalue weighted by Crippen LogP contribution is 2.25. The van der Waals surface area contributed by atoms with Crippen molar-refractivity contribution in [3.05, 3.63) is 63.9 Å². The summed E-state index contributed by atoms with van der Waals surface area (Å²) in [5, 5.41) is 6.54. The molecule has 0 aliphatic rings. The summed E-state index contributed by atoms with van der Waals surface area (Å²) in [6, 6.07) is 11.0. The molecule has 3 rings (SSSR count). The number of halogens is 3. The first-order valence-corrected chi connectivity index (χ1v) is 9.38. The Balaban J connectivity index is 1.66. The molecule has 4 nitrogen and oxygen atoms in total. The van der Waals surface area contributed by atoms with E-state index in [1.807, 2.05) is 30.3 Å². The Morgan fingerprint density at radius 1 is 1.15 bits per heavy atom. The highest BCUT2D eigenvalue weighted by Gasteiger charge is 2.16. The molecule has 3 aromatic rings. The molecule has 0 fully saturated rings. The Labute approximate surface area is 159 Å². The number of thioether (sulfide) groups is 1. The molecule has 1 amide bonds. The number of aromatic nitrogens is 2. The lowest BCUT2D eigenvalue weighted by Gasteiger charge is -2.06. The fourth-order valence-electron chi connectivity index (χ4n) is 1.99. The third-order valence-corrected chi connectivity index (χ3v) is 5.53. The second-order valence-electron chi connectivity index (χ2n) is 4.94. The maximum absolute atomic E-state index is 13.6. The molecule has 0 aliphatic carbocycles. The normalized spacial score (nSPS) is 10.7. The van der Waals surface area contributed by atoms with Gasteiger partial charge in [0.15, 0.2) is 25.7 Å². The Kier molecular flexibility index (Phi) is 5.74. The summed E-state index contributed by atoms with van der Waals surface area (Å²) in [6.07, 6.45) is 0. The van der Waals surface area contributed by atoms with E-state index in [1.54, 1.807) is 4.68 Å². The van der Waals surface area contributed by atoms with Gasteiger partial charge >= 0.3 is 0 Å². The molecular formula is C16H10F3N3OS3. The van der Waals surface area contributed by atoms with E-state index in [1.165, 1.54) is 11.3 Å². The molecule has 0 saturated heterocycles. The van der Waals surface area contributed by atoms with Crippen molar-refractivity contribution >= 4 is 46.9 Å². The molecule has 0 unspecified atom stereocenters. The van der Waals surface area contributed by atoms with E-state index in [0.29, 0.717) is 8.29 Å². The van der Waals surface area contributed by atoms with Crippen LogP contribution in [0, 0.1) is 21.4 Å².